The first-order valence-electron chi connectivity index (χ1n) is 5.31. The molecule has 90 valence electrons. The van der Waals surface area contributed by atoms with Gasteiger partial charge in [0.1, 0.15) is 17.4 Å². The van der Waals surface area contributed by atoms with Crippen LogP contribution in [0.2, 0.25) is 0 Å². The minimum atomic E-state index is -0.340. The quantitative estimate of drug-likeness (QED) is 0.468. The van der Waals surface area contributed by atoms with Crippen molar-refractivity contribution in [3.8, 4) is 6.07 Å². The Bertz CT molecular complexity index is 656. The summed E-state index contributed by atoms with van der Waals surface area (Å²) in [7, 11) is 1.77. The van der Waals surface area contributed by atoms with Crippen LogP contribution in [0, 0.1) is 18.3 Å². The Morgan fingerprint density at radius 1 is 1.61 bits per heavy atom. The molecule has 2 heterocycles. The molecule has 0 aromatic carbocycles. The average Bonchev–Trinajstić information content (AvgIpc) is 2.94. The fourth-order valence-electron chi connectivity index (χ4n) is 1.60. The van der Waals surface area contributed by atoms with Gasteiger partial charge in [0.2, 0.25) is 5.78 Å². The standard InChI is InChI=1S/C13H11N3O2/c1-9-12(3-4-18-9)13(17)11(6-14)5-10-7-15-16(2)8-10/h3-5,7-8H,1-2H3/b11-5+. The molecule has 0 N–H and O–H groups in total. The van der Waals surface area contributed by atoms with Crippen LogP contribution in [0.3, 0.4) is 0 Å². The van der Waals surface area contributed by atoms with Gasteiger partial charge < -0.3 is 4.42 Å². The number of Topliss-reactive ketones (excluding diaryl/α,β-unsaturated/α-hetero) is 1. The lowest BCUT2D eigenvalue weighted by molar-refractivity contribution is 0.103. The first-order chi connectivity index (χ1) is 8.61. The number of aryl methyl sites for hydroxylation is 2. The Morgan fingerprint density at radius 2 is 2.39 bits per heavy atom. The highest BCUT2D eigenvalue weighted by molar-refractivity contribution is 6.14. The van der Waals surface area contributed by atoms with Crippen molar-refractivity contribution in [3.63, 3.8) is 0 Å². The molecule has 0 fully saturated rings. The number of carbonyl (C=O) groups excluding carboxylic acids is 1. The van der Waals surface area contributed by atoms with E-state index in [0.29, 0.717) is 16.9 Å². The number of nitrogens with zero attached hydrogens (tertiary/aromatic N) is 3. The first-order valence-corrected chi connectivity index (χ1v) is 5.31. The van der Waals surface area contributed by atoms with E-state index in [1.54, 1.807) is 37.1 Å². The molecule has 18 heavy (non-hydrogen) atoms. The fraction of sp³-hybridized carbons (Fsp3) is 0.154. The predicted octanol–water partition coefficient (Wildman–Crippen LogP) is 2.11. The van der Waals surface area contributed by atoms with E-state index in [-0.39, 0.29) is 11.4 Å². The van der Waals surface area contributed by atoms with E-state index in [4.69, 9.17) is 9.68 Å². The average molecular weight is 241 g/mol. The third kappa shape index (κ3) is 2.23. The Morgan fingerprint density at radius 3 is 2.89 bits per heavy atom. The Labute approximate surface area is 104 Å². The molecule has 0 aliphatic rings. The number of carbonyl (C=O) groups is 1. The predicted molar refractivity (Wildman–Crippen MR) is 64.6 cm³/mol. The number of allylic oxidation sites excluding steroid dienone is 1. The molecule has 0 aliphatic heterocycles. The minimum Gasteiger partial charge on any atom is -0.469 e. The SMILES string of the molecule is Cc1occc1C(=O)/C(C#N)=C/c1cnn(C)c1. The van der Waals surface area contributed by atoms with E-state index in [2.05, 4.69) is 5.10 Å². The lowest BCUT2D eigenvalue weighted by Crippen LogP contribution is -2.01. The summed E-state index contributed by atoms with van der Waals surface area (Å²) in [5.74, 6) is 0.167. The van der Waals surface area contributed by atoms with Gasteiger partial charge in [0.15, 0.2) is 0 Å². The summed E-state index contributed by atoms with van der Waals surface area (Å²) < 4.78 is 6.67. The summed E-state index contributed by atoms with van der Waals surface area (Å²) in [6.45, 7) is 1.69. The third-order valence-electron chi connectivity index (χ3n) is 2.50. The van der Waals surface area contributed by atoms with E-state index < -0.39 is 0 Å². The number of aromatic nitrogens is 2. The van der Waals surface area contributed by atoms with Crippen LogP contribution in [0.4, 0.5) is 0 Å². The Hall–Kier alpha value is -2.61. The zero-order valence-corrected chi connectivity index (χ0v) is 10.0. The van der Waals surface area contributed by atoms with Gasteiger partial charge in [-0.2, -0.15) is 10.4 Å². The molecule has 5 nitrogen and oxygen atoms in total. The van der Waals surface area contributed by atoms with Crippen molar-refractivity contribution in [2.45, 2.75) is 6.92 Å². The monoisotopic (exact) mass is 241 g/mol. The lowest BCUT2D eigenvalue weighted by Gasteiger charge is -1.96. The minimum absolute atomic E-state index is 0.0625. The van der Waals surface area contributed by atoms with Crippen molar-refractivity contribution in [1.82, 2.24) is 9.78 Å². The number of hydrogen-bond acceptors (Lipinski definition) is 4. The molecule has 2 rings (SSSR count). The maximum absolute atomic E-state index is 12.1. The van der Waals surface area contributed by atoms with Gasteiger partial charge in [-0.05, 0) is 19.1 Å². The van der Waals surface area contributed by atoms with Gasteiger partial charge in [0, 0.05) is 18.8 Å². The van der Waals surface area contributed by atoms with E-state index in [0.717, 1.165) is 0 Å². The Balaban J connectivity index is 2.36. The highest BCUT2D eigenvalue weighted by atomic mass is 16.3. The first kappa shape index (κ1) is 11.9. The normalized spacial score (nSPS) is 11.3. The molecule has 0 atom stereocenters. The number of furan rings is 1. The van der Waals surface area contributed by atoms with Crippen molar-refractivity contribution in [2.75, 3.05) is 0 Å². The number of ketones is 1. The largest absolute Gasteiger partial charge is 0.469 e. The van der Waals surface area contributed by atoms with Crippen LogP contribution in [0.1, 0.15) is 21.7 Å². The summed E-state index contributed by atoms with van der Waals surface area (Å²) in [6, 6.07) is 3.47. The van der Waals surface area contributed by atoms with Crippen molar-refractivity contribution in [2.24, 2.45) is 7.05 Å². The molecule has 2 aromatic rings. The highest BCUT2D eigenvalue weighted by Crippen LogP contribution is 2.16. The molecule has 0 aliphatic carbocycles. The zero-order valence-electron chi connectivity index (χ0n) is 10.0. The molecule has 0 radical (unpaired) electrons. The van der Waals surface area contributed by atoms with Crippen molar-refractivity contribution < 1.29 is 9.21 Å². The molecular formula is C13H11N3O2. The van der Waals surface area contributed by atoms with E-state index in [1.807, 2.05) is 6.07 Å². The zero-order chi connectivity index (χ0) is 13.1. The van der Waals surface area contributed by atoms with Crippen molar-refractivity contribution >= 4 is 11.9 Å². The van der Waals surface area contributed by atoms with Gasteiger partial charge in [-0.1, -0.05) is 0 Å². The Kier molecular flexibility index (Phi) is 3.11. The van der Waals surface area contributed by atoms with Gasteiger partial charge in [0.25, 0.3) is 0 Å². The maximum atomic E-state index is 12.1. The van der Waals surface area contributed by atoms with E-state index >= 15 is 0 Å². The van der Waals surface area contributed by atoms with Crippen LogP contribution in [-0.4, -0.2) is 15.6 Å². The lowest BCUT2D eigenvalue weighted by atomic mass is 10.0. The smallest absolute Gasteiger partial charge is 0.207 e. The second-order valence-electron chi connectivity index (χ2n) is 3.84. The summed E-state index contributed by atoms with van der Waals surface area (Å²) in [6.07, 6.45) is 6.27. The molecule has 0 saturated carbocycles. The maximum Gasteiger partial charge on any atom is 0.207 e. The van der Waals surface area contributed by atoms with Gasteiger partial charge in [0.05, 0.1) is 18.0 Å². The topological polar surface area (TPSA) is 71.8 Å². The number of nitriles is 1. The molecule has 0 saturated heterocycles. The second-order valence-corrected chi connectivity index (χ2v) is 3.84. The summed E-state index contributed by atoms with van der Waals surface area (Å²) in [5.41, 5.74) is 1.18. The van der Waals surface area contributed by atoms with Crippen LogP contribution in [0.25, 0.3) is 6.08 Å². The number of hydrogen-bond donors (Lipinski definition) is 0. The van der Waals surface area contributed by atoms with E-state index in [9.17, 15) is 4.79 Å². The molecule has 0 unspecified atom stereocenters. The third-order valence-corrected chi connectivity index (χ3v) is 2.50. The van der Waals surface area contributed by atoms with Crippen molar-refractivity contribution in [3.05, 3.63) is 47.2 Å². The molecule has 0 bridgehead atoms. The second kappa shape index (κ2) is 4.72. The molecular weight excluding hydrogens is 230 g/mol. The highest BCUT2D eigenvalue weighted by Gasteiger charge is 2.16. The number of rotatable bonds is 3. The fourth-order valence-corrected chi connectivity index (χ4v) is 1.60. The van der Waals surface area contributed by atoms with Gasteiger partial charge in [-0.25, -0.2) is 0 Å². The van der Waals surface area contributed by atoms with Gasteiger partial charge >= 0.3 is 0 Å². The van der Waals surface area contributed by atoms with Gasteiger partial charge in [-0.3, -0.25) is 9.48 Å². The summed E-state index contributed by atoms with van der Waals surface area (Å²) in [4.78, 5) is 12.1. The van der Waals surface area contributed by atoms with E-state index in [1.165, 1.54) is 12.3 Å². The van der Waals surface area contributed by atoms with Crippen LogP contribution in [0.15, 0.2) is 34.7 Å². The molecule has 5 heteroatoms. The summed E-state index contributed by atoms with van der Waals surface area (Å²) in [5, 5.41) is 13.0. The van der Waals surface area contributed by atoms with Crippen molar-refractivity contribution in [1.29, 1.82) is 5.26 Å². The van der Waals surface area contributed by atoms with Gasteiger partial charge in [-0.15, -0.1) is 0 Å². The molecule has 0 spiro atoms. The molecule has 2 aromatic heterocycles. The van der Waals surface area contributed by atoms with Crippen LogP contribution >= 0.6 is 0 Å². The van der Waals surface area contributed by atoms with Crippen LogP contribution < -0.4 is 0 Å². The molecule has 0 amide bonds. The summed E-state index contributed by atoms with van der Waals surface area (Å²) >= 11 is 0. The van der Waals surface area contributed by atoms with Crippen LogP contribution in [-0.2, 0) is 7.05 Å². The van der Waals surface area contributed by atoms with Crippen LogP contribution in [0.5, 0.6) is 0 Å².